The standard InChI is InChI=1S/C13H11N5O2/c1-7-6-10(19)16-13(14-7)18-17-11-8-4-2-3-5-9(8)15-12(11)20/h2-6,15,20H,1H3,(H,14,16,19). The van der Waals surface area contributed by atoms with E-state index < -0.39 is 0 Å². The molecule has 20 heavy (non-hydrogen) atoms. The molecule has 0 unspecified atom stereocenters. The van der Waals surface area contributed by atoms with E-state index in [4.69, 9.17) is 0 Å². The van der Waals surface area contributed by atoms with E-state index in [0.717, 1.165) is 10.9 Å². The Morgan fingerprint density at radius 3 is 2.80 bits per heavy atom. The van der Waals surface area contributed by atoms with Crippen molar-refractivity contribution >= 4 is 22.5 Å². The average molecular weight is 269 g/mol. The fourth-order valence-electron chi connectivity index (χ4n) is 1.92. The minimum absolute atomic E-state index is 0.0787. The van der Waals surface area contributed by atoms with E-state index in [0.29, 0.717) is 11.4 Å². The number of benzene rings is 1. The van der Waals surface area contributed by atoms with Gasteiger partial charge < -0.3 is 10.1 Å². The second-order valence-corrected chi connectivity index (χ2v) is 4.28. The van der Waals surface area contributed by atoms with E-state index in [1.54, 1.807) is 6.92 Å². The van der Waals surface area contributed by atoms with Crippen LogP contribution in [-0.2, 0) is 0 Å². The van der Waals surface area contributed by atoms with Crippen LogP contribution < -0.4 is 5.56 Å². The van der Waals surface area contributed by atoms with Crippen molar-refractivity contribution in [1.29, 1.82) is 0 Å². The minimum Gasteiger partial charge on any atom is -0.493 e. The molecule has 0 bridgehead atoms. The van der Waals surface area contributed by atoms with Crippen LogP contribution in [0.15, 0.2) is 45.4 Å². The van der Waals surface area contributed by atoms with Gasteiger partial charge in [0.05, 0.1) is 5.52 Å². The van der Waals surface area contributed by atoms with Gasteiger partial charge in [0.25, 0.3) is 5.56 Å². The molecule has 3 aromatic rings. The van der Waals surface area contributed by atoms with Crippen LogP contribution in [-0.4, -0.2) is 20.1 Å². The number of hydrogen-bond donors (Lipinski definition) is 3. The van der Waals surface area contributed by atoms with Gasteiger partial charge in [0.2, 0.25) is 11.8 Å². The first kappa shape index (κ1) is 12.1. The van der Waals surface area contributed by atoms with Gasteiger partial charge in [0.1, 0.15) is 0 Å². The molecule has 100 valence electrons. The van der Waals surface area contributed by atoms with E-state index >= 15 is 0 Å². The lowest BCUT2D eigenvalue weighted by Gasteiger charge is -1.94. The lowest BCUT2D eigenvalue weighted by molar-refractivity contribution is 0.459. The molecule has 0 amide bonds. The Morgan fingerprint density at radius 1 is 1.20 bits per heavy atom. The van der Waals surface area contributed by atoms with Crippen molar-refractivity contribution < 1.29 is 5.11 Å². The number of aromatic amines is 2. The number of aromatic hydroxyl groups is 1. The molecular weight excluding hydrogens is 258 g/mol. The first-order chi connectivity index (χ1) is 9.63. The van der Waals surface area contributed by atoms with Crippen LogP contribution >= 0.6 is 0 Å². The zero-order valence-corrected chi connectivity index (χ0v) is 10.6. The molecule has 0 fully saturated rings. The molecule has 0 atom stereocenters. The highest BCUT2D eigenvalue weighted by atomic mass is 16.3. The number of azo groups is 1. The molecule has 3 rings (SSSR count). The smallest absolute Gasteiger partial charge is 0.252 e. The molecular formula is C13H11N5O2. The number of aryl methyl sites for hydroxylation is 1. The van der Waals surface area contributed by atoms with Crippen LogP contribution in [0, 0.1) is 6.92 Å². The van der Waals surface area contributed by atoms with Crippen molar-refractivity contribution in [3.05, 3.63) is 46.4 Å². The molecule has 0 radical (unpaired) electrons. The van der Waals surface area contributed by atoms with E-state index in [2.05, 4.69) is 25.2 Å². The molecule has 0 aliphatic rings. The molecule has 0 aliphatic carbocycles. The predicted octanol–water partition coefficient (Wildman–Crippen LogP) is 2.68. The van der Waals surface area contributed by atoms with Crippen molar-refractivity contribution in [3.63, 3.8) is 0 Å². The summed E-state index contributed by atoms with van der Waals surface area (Å²) in [6.07, 6.45) is 0. The molecule has 2 heterocycles. The molecule has 0 aliphatic heterocycles. The van der Waals surface area contributed by atoms with E-state index in [1.807, 2.05) is 24.3 Å². The summed E-state index contributed by atoms with van der Waals surface area (Å²) in [5, 5.41) is 18.4. The number of hydrogen-bond acceptors (Lipinski definition) is 5. The highest BCUT2D eigenvalue weighted by molar-refractivity contribution is 5.93. The van der Waals surface area contributed by atoms with Crippen LogP contribution in [0.1, 0.15) is 5.69 Å². The zero-order valence-electron chi connectivity index (χ0n) is 10.6. The van der Waals surface area contributed by atoms with Crippen LogP contribution in [0.3, 0.4) is 0 Å². The second-order valence-electron chi connectivity index (χ2n) is 4.28. The molecule has 7 heteroatoms. The maximum atomic E-state index is 11.3. The predicted molar refractivity (Wildman–Crippen MR) is 73.7 cm³/mol. The summed E-state index contributed by atoms with van der Waals surface area (Å²) < 4.78 is 0. The Bertz CT molecular complexity index is 863. The summed E-state index contributed by atoms with van der Waals surface area (Å²) in [6.45, 7) is 1.69. The second kappa shape index (κ2) is 4.61. The van der Waals surface area contributed by atoms with Gasteiger partial charge in [-0.05, 0) is 13.0 Å². The Morgan fingerprint density at radius 2 is 2.00 bits per heavy atom. The minimum atomic E-state index is -0.297. The topological polar surface area (TPSA) is 106 Å². The van der Waals surface area contributed by atoms with Crippen molar-refractivity contribution in [3.8, 4) is 5.88 Å². The van der Waals surface area contributed by atoms with E-state index in [-0.39, 0.29) is 17.4 Å². The quantitative estimate of drug-likeness (QED) is 0.622. The third-order valence-corrected chi connectivity index (χ3v) is 2.76. The number of fused-ring (bicyclic) bond motifs is 1. The van der Waals surface area contributed by atoms with Gasteiger partial charge in [0, 0.05) is 17.1 Å². The third-order valence-electron chi connectivity index (χ3n) is 2.76. The lowest BCUT2D eigenvalue weighted by atomic mass is 10.2. The number of aromatic nitrogens is 3. The summed E-state index contributed by atoms with van der Waals surface area (Å²) in [5.41, 5.74) is 1.31. The summed E-state index contributed by atoms with van der Waals surface area (Å²) in [4.78, 5) is 20.6. The van der Waals surface area contributed by atoms with Crippen molar-refractivity contribution in [2.45, 2.75) is 6.92 Å². The van der Waals surface area contributed by atoms with Gasteiger partial charge in [-0.25, -0.2) is 4.98 Å². The van der Waals surface area contributed by atoms with Crippen molar-refractivity contribution in [2.75, 3.05) is 0 Å². The third kappa shape index (κ3) is 2.16. The molecule has 1 aromatic carbocycles. The highest BCUT2D eigenvalue weighted by Gasteiger charge is 2.09. The summed E-state index contributed by atoms with van der Waals surface area (Å²) >= 11 is 0. The maximum Gasteiger partial charge on any atom is 0.252 e. The molecule has 0 saturated carbocycles. The highest BCUT2D eigenvalue weighted by Crippen LogP contribution is 2.35. The van der Waals surface area contributed by atoms with Crippen molar-refractivity contribution in [1.82, 2.24) is 15.0 Å². The van der Waals surface area contributed by atoms with E-state index in [9.17, 15) is 9.90 Å². The van der Waals surface area contributed by atoms with Gasteiger partial charge in [-0.2, -0.15) is 0 Å². The number of nitrogens with one attached hydrogen (secondary N) is 2. The fraction of sp³-hybridized carbons (Fsp3) is 0.0769. The Hall–Kier alpha value is -2.96. The molecule has 2 aromatic heterocycles. The number of para-hydroxylation sites is 1. The summed E-state index contributed by atoms with van der Waals surface area (Å²) in [5.74, 6) is 0.0182. The molecule has 0 saturated heterocycles. The van der Waals surface area contributed by atoms with Gasteiger partial charge in [-0.1, -0.05) is 18.2 Å². The summed E-state index contributed by atoms with van der Waals surface area (Å²) in [7, 11) is 0. The number of nitrogens with zero attached hydrogens (tertiary/aromatic N) is 3. The summed E-state index contributed by atoms with van der Waals surface area (Å²) in [6, 6.07) is 8.68. The van der Waals surface area contributed by atoms with Crippen LogP contribution in [0.4, 0.5) is 11.6 Å². The van der Waals surface area contributed by atoms with Crippen molar-refractivity contribution in [2.24, 2.45) is 10.2 Å². The van der Waals surface area contributed by atoms with Crippen LogP contribution in [0.2, 0.25) is 0 Å². The first-order valence-corrected chi connectivity index (χ1v) is 5.93. The SMILES string of the molecule is Cc1cc(=O)[nH]c(N=Nc2c(O)[nH]c3ccccc23)n1. The average Bonchev–Trinajstić information content (AvgIpc) is 2.71. The van der Waals surface area contributed by atoms with Gasteiger partial charge >= 0.3 is 0 Å². The maximum absolute atomic E-state index is 11.3. The van der Waals surface area contributed by atoms with Gasteiger partial charge in [-0.15, -0.1) is 10.2 Å². The Balaban J connectivity index is 2.06. The largest absolute Gasteiger partial charge is 0.493 e. The molecule has 3 N–H and O–H groups in total. The van der Waals surface area contributed by atoms with Gasteiger partial charge in [0.15, 0.2) is 5.69 Å². The normalized spacial score (nSPS) is 11.4. The Labute approximate surface area is 113 Å². The first-order valence-electron chi connectivity index (χ1n) is 5.93. The van der Waals surface area contributed by atoms with Crippen LogP contribution in [0.5, 0.6) is 5.88 Å². The van der Waals surface area contributed by atoms with E-state index in [1.165, 1.54) is 6.07 Å². The zero-order chi connectivity index (χ0) is 14.1. The fourth-order valence-corrected chi connectivity index (χ4v) is 1.92. The monoisotopic (exact) mass is 269 g/mol. The number of H-pyrrole nitrogens is 2. The Kier molecular flexibility index (Phi) is 2.79. The van der Waals surface area contributed by atoms with Gasteiger partial charge in [-0.3, -0.25) is 9.78 Å². The lowest BCUT2D eigenvalue weighted by Crippen LogP contribution is -2.05. The number of rotatable bonds is 2. The van der Waals surface area contributed by atoms with Crippen LogP contribution in [0.25, 0.3) is 10.9 Å². The molecule has 0 spiro atoms. The molecule has 7 nitrogen and oxygen atoms in total.